The van der Waals surface area contributed by atoms with Crippen LogP contribution in [0, 0.1) is 0 Å². The van der Waals surface area contributed by atoms with Gasteiger partial charge in [0.25, 0.3) is 5.91 Å². The molecule has 8 heteroatoms. The minimum absolute atomic E-state index is 0.106. The Morgan fingerprint density at radius 3 is 2.79 bits per heavy atom. The summed E-state index contributed by atoms with van der Waals surface area (Å²) in [5.74, 6) is 0.682. The summed E-state index contributed by atoms with van der Waals surface area (Å²) in [6, 6.07) is 2.47. The summed E-state index contributed by atoms with van der Waals surface area (Å²) in [6.45, 7) is 4.29. The van der Waals surface area contributed by atoms with Gasteiger partial charge in [0.15, 0.2) is 11.6 Å². The molecule has 128 valence electrons. The second kappa shape index (κ2) is 5.92. The molecule has 0 spiro atoms. The van der Waals surface area contributed by atoms with E-state index in [2.05, 4.69) is 9.97 Å². The van der Waals surface area contributed by atoms with Crippen LogP contribution in [0.25, 0.3) is 0 Å². The third-order valence-corrected chi connectivity index (χ3v) is 3.83. The number of amides is 1. The van der Waals surface area contributed by atoms with Gasteiger partial charge in [-0.2, -0.15) is 13.2 Å². The third kappa shape index (κ3) is 3.00. The number of rotatable bonds is 2. The average Bonchev–Trinajstić information content (AvgIpc) is 2.96. The second-order valence-electron chi connectivity index (χ2n) is 5.95. The smallest absolute Gasteiger partial charge is 0.434 e. The highest BCUT2D eigenvalue weighted by atomic mass is 19.4. The van der Waals surface area contributed by atoms with Crippen LogP contribution in [-0.2, 0) is 19.1 Å². The van der Waals surface area contributed by atoms with Crippen molar-refractivity contribution < 1.29 is 22.4 Å². The van der Waals surface area contributed by atoms with E-state index in [1.165, 1.54) is 11.0 Å². The maximum atomic E-state index is 13.0. The van der Waals surface area contributed by atoms with Crippen molar-refractivity contribution >= 4 is 5.91 Å². The number of pyridine rings is 1. The number of hydrogen-bond donors (Lipinski definition) is 0. The molecule has 1 aliphatic heterocycles. The van der Waals surface area contributed by atoms with Crippen LogP contribution in [0.1, 0.15) is 53.2 Å². The first-order chi connectivity index (χ1) is 11.3. The zero-order valence-corrected chi connectivity index (χ0v) is 13.2. The van der Waals surface area contributed by atoms with E-state index in [-0.39, 0.29) is 19.0 Å². The lowest BCUT2D eigenvalue weighted by Crippen LogP contribution is -2.37. The maximum Gasteiger partial charge on any atom is 0.434 e. The van der Waals surface area contributed by atoms with Crippen molar-refractivity contribution in [3.05, 3.63) is 46.9 Å². The number of carbonyl (C=O) groups is 1. The first-order valence-electron chi connectivity index (χ1n) is 7.57. The van der Waals surface area contributed by atoms with Gasteiger partial charge >= 0.3 is 6.18 Å². The molecule has 5 nitrogen and oxygen atoms in total. The molecule has 0 unspecified atom stereocenters. The van der Waals surface area contributed by atoms with Gasteiger partial charge < -0.3 is 9.32 Å². The third-order valence-electron chi connectivity index (χ3n) is 3.83. The average molecular weight is 339 g/mol. The van der Waals surface area contributed by atoms with E-state index in [0.717, 1.165) is 12.3 Å². The zero-order chi connectivity index (χ0) is 17.5. The number of hydrogen-bond acceptors (Lipinski definition) is 4. The number of alkyl halides is 3. The molecule has 0 saturated carbocycles. The fourth-order valence-corrected chi connectivity index (χ4v) is 2.61. The van der Waals surface area contributed by atoms with Gasteiger partial charge in [-0.15, -0.1) is 0 Å². The van der Waals surface area contributed by atoms with Gasteiger partial charge in [-0.3, -0.25) is 9.78 Å². The minimum Gasteiger partial charge on any atom is -0.445 e. The van der Waals surface area contributed by atoms with Crippen molar-refractivity contribution in [3.63, 3.8) is 0 Å². The van der Waals surface area contributed by atoms with Gasteiger partial charge in [-0.05, 0) is 12.1 Å². The summed E-state index contributed by atoms with van der Waals surface area (Å²) in [6.07, 6.45) is -3.21. The van der Waals surface area contributed by atoms with Crippen molar-refractivity contribution in [1.82, 2.24) is 14.9 Å². The highest BCUT2D eigenvalue weighted by Gasteiger charge is 2.38. The summed E-state index contributed by atoms with van der Waals surface area (Å²) >= 11 is 0. The van der Waals surface area contributed by atoms with Crippen LogP contribution >= 0.6 is 0 Å². The van der Waals surface area contributed by atoms with Gasteiger partial charge in [0.2, 0.25) is 0 Å². The number of nitrogens with zero attached hydrogens (tertiary/aromatic N) is 3. The number of oxazole rings is 1. The Kier molecular flexibility index (Phi) is 4.06. The molecule has 0 fully saturated rings. The van der Waals surface area contributed by atoms with Gasteiger partial charge in [-0.1, -0.05) is 13.8 Å². The Labute approximate surface area is 136 Å². The normalized spacial score (nSPS) is 14.8. The molecule has 0 N–H and O–H groups in total. The Hall–Kier alpha value is -2.38. The molecule has 24 heavy (non-hydrogen) atoms. The Morgan fingerprint density at radius 1 is 1.38 bits per heavy atom. The first-order valence-corrected chi connectivity index (χ1v) is 7.57. The van der Waals surface area contributed by atoms with Gasteiger partial charge in [0.1, 0.15) is 11.5 Å². The van der Waals surface area contributed by atoms with E-state index in [0.29, 0.717) is 23.8 Å². The topological polar surface area (TPSA) is 59.2 Å². The van der Waals surface area contributed by atoms with Crippen molar-refractivity contribution in [2.45, 2.75) is 38.9 Å². The van der Waals surface area contributed by atoms with Crippen molar-refractivity contribution in [2.24, 2.45) is 0 Å². The van der Waals surface area contributed by atoms with E-state index in [9.17, 15) is 18.0 Å². The fraction of sp³-hybridized carbons (Fsp3) is 0.438. The molecular formula is C16H16F3N3O2. The number of carbonyl (C=O) groups excluding carboxylic acids is 1. The minimum atomic E-state index is -4.67. The molecule has 0 saturated heterocycles. The summed E-state index contributed by atoms with van der Waals surface area (Å²) in [5, 5.41) is 0. The predicted octanol–water partition coefficient (Wildman–Crippen LogP) is 3.41. The Balaban J connectivity index is 1.87. The molecule has 3 heterocycles. The molecule has 0 aromatic carbocycles. The molecule has 2 aromatic rings. The highest BCUT2D eigenvalue weighted by molar-refractivity contribution is 5.95. The second-order valence-corrected chi connectivity index (χ2v) is 5.95. The zero-order valence-electron chi connectivity index (χ0n) is 13.2. The molecular weight excluding hydrogens is 323 g/mol. The first kappa shape index (κ1) is 16.5. The summed E-state index contributed by atoms with van der Waals surface area (Å²) < 4.78 is 44.8. The van der Waals surface area contributed by atoms with Crippen LogP contribution < -0.4 is 0 Å². The molecule has 2 aromatic heterocycles. The van der Waals surface area contributed by atoms with Crippen LogP contribution in [0.4, 0.5) is 13.2 Å². The molecule has 1 aliphatic rings. The van der Waals surface area contributed by atoms with Gasteiger partial charge in [0, 0.05) is 25.1 Å². The maximum absolute atomic E-state index is 13.0. The van der Waals surface area contributed by atoms with Gasteiger partial charge in [0.05, 0.1) is 12.1 Å². The molecule has 1 amide bonds. The molecule has 0 bridgehead atoms. The van der Waals surface area contributed by atoms with E-state index < -0.39 is 23.3 Å². The molecule has 0 atom stereocenters. The van der Waals surface area contributed by atoms with Crippen LogP contribution in [0.3, 0.4) is 0 Å². The number of halogens is 3. The lowest BCUT2D eigenvalue weighted by atomic mass is 10.1. The van der Waals surface area contributed by atoms with E-state index in [1.807, 2.05) is 13.8 Å². The summed E-state index contributed by atoms with van der Waals surface area (Å²) in [5.41, 5.74) is -0.999. The summed E-state index contributed by atoms with van der Waals surface area (Å²) in [4.78, 5) is 21.6. The van der Waals surface area contributed by atoms with Crippen molar-refractivity contribution in [2.75, 3.05) is 6.54 Å². The Bertz CT molecular complexity index is 768. The van der Waals surface area contributed by atoms with E-state index in [1.54, 1.807) is 0 Å². The lowest BCUT2D eigenvalue weighted by molar-refractivity contribution is -0.141. The predicted molar refractivity (Wildman–Crippen MR) is 78.3 cm³/mol. The van der Waals surface area contributed by atoms with Crippen LogP contribution in [0.5, 0.6) is 0 Å². The lowest BCUT2D eigenvalue weighted by Gasteiger charge is -2.26. The fourth-order valence-electron chi connectivity index (χ4n) is 2.61. The van der Waals surface area contributed by atoms with E-state index >= 15 is 0 Å². The SMILES string of the molecule is CC(C)c1nc2c(o1)CCN(C(=O)c1cccnc1C(F)(F)F)C2. The number of aromatic nitrogens is 2. The van der Waals surface area contributed by atoms with Crippen molar-refractivity contribution in [1.29, 1.82) is 0 Å². The van der Waals surface area contributed by atoms with Crippen LogP contribution in [0.15, 0.2) is 22.7 Å². The highest BCUT2D eigenvalue weighted by Crippen LogP contribution is 2.31. The molecule has 0 aliphatic carbocycles. The van der Waals surface area contributed by atoms with Gasteiger partial charge in [-0.25, -0.2) is 4.98 Å². The van der Waals surface area contributed by atoms with Crippen LogP contribution in [-0.4, -0.2) is 27.3 Å². The number of fused-ring (bicyclic) bond motifs is 1. The molecule has 0 radical (unpaired) electrons. The quantitative estimate of drug-likeness (QED) is 0.841. The molecule has 3 rings (SSSR count). The van der Waals surface area contributed by atoms with Crippen LogP contribution in [0.2, 0.25) is 0 Å². The Morgan fingerprint density at radius 2 is 2.12 bits per heavy atom. The van der Waals surface area contributed by atoms with Crippen molar-refractivity contribution in [3.8, 4) is 0 Å². The monoisotopic (exact) mass is 339 g/mol. The summed E-state index contributed by atoms with van der Waals surface area (Å²) in [7, 11) is 0. The largest absolute Gasteiger partial charge is 0.445 e. The standard InChI is InChI=1S/C16H16F3N3O2/c1-9(2)14-21-11-8-22(7-5-12(11)24-14)15(23)10-4-3-6-20-13(10)16(17,18)19/h3-4,6,9H,5,7-8H2,1-2H3. The van der Waals surface area contributed by atoms with E-state index in [4.69, 9.17) is 4.42 Å².